The summed E-state index contributed by atoms with van der Waals surface area (Å²) < 4.78 is 10.2. The van der Waals surface area contributed by atoms with Crippen molar-refractivity contribution in [3.63, 3.8) is 0 Å². The Kier molecular flexibility index (Phi) is 7.34. The van der Waals surface area contributed by atoms with Crippen LogP contribution in [0.25, 0.3) is 0 Å². The molecule has 3 nitrogen and oxygen atoms in total. The maximum absolute atomic E-state index is 10.3. The third kappa shape index (κ3) is 5.14. The van der Waals surface area contributed by atoms with E-state index in [0.29, 0.717) is 12.3 Å². The zero-order chi connectivity index (χ0) is 11.0. The van der Waals surface area contributed by atoms with Crippen LogP contribution in [0.15, 0.2) is 12.2 Å². The standard InChI is InChI=1S/C11H20O3/c1-9(2)10(6-5-7-12)8-11(13-3)14-4/h7,10-11H,1,5-6,8H2,2-4H3/t10-/m0/s1. The third-order valence-corrected chi connectivity index (χ3v) is 2.33. The minimum atomic E-state index is -0.205. The Hall–Kier alpha value is -0.670. The highest BCUT2D eigenvalue weighted by atomic mass is 16.7. The van der Waals surface area contributed by atoms with E-state index in [0.717, 1.165) is 24.7 Å². The van der Waals surface area contributed by atoms with Crippen LogP contribution in [0.5, 0.6) is 0 Å². The summed E-state index contributed by atoms with van der Waals surface area (Å²) >= 11 is 0. The molecule has 0 unspecified atom stereocenters. The Morgan fingerprint density at radius 2 is 2.00 bits per heavy atom. The van der Waals surface area contributed by atoms with Crippen LogP contribution in [-0.2, 0) is 14.3 Å². The monoisotopic (exact) mass is 200 g/mol. The van der Waals surface area contributed by atoms with Crippen LogP contribution < -0.4 is 0 Å². The molecular formula is C11H20O3. The molecule has 0 aliphatic rings. The number of hydrogen-bond donors (Lipinski definition) is 0. The van der Waals surface area contributed by atoms with Gasteiger partial charge in [-0.3, -0.25) is 0 Å². The molecule has 3 heteroatoms. The van der Waals surface area contributed by atoms with E-state index in [1.54, 1.807) is 14.2 Å². The molecule has 0 heterocycles. The first-order chi connectivity index (χ1) is 6.65. The predicted molar refractivity (Wildman–Crippen MR) is 56.0 cm³/mol. The summed E-state index contributed by atoms with van der Waals surface area (Å²) in [7, 11) is 3.23. The van der Waals surface area contributed by atoms with Gasteiger partial charge in [0.25, 0.3) is 0 Å². The van der Waals surface area contributed by atoms with Crippen LogP contribution in [0, 0.1) is 5.92 Å². The third-order valence-electron chi connectivity index (χ3n) is 2.33. The van der Waals surface area contributed by atoms with Gasteiger partial charge in [-0.05, 0) is 19.3 Å². The summed E-state index contributed by atoms with van der Waals surface area (Å²) in [5.74, 6) is 0.296. The van der Waals surface area contributed by atoms with Crippen LogP contribution in [0.1, 0.15) is 26.2 Å². The van der Waals surface area contributed by atoms with Crippen molar-refractivity contribution in [3.05, 3.63) is 12.2 Å². The van der Waals surface area contributed by atoms with Crippen molar-refractivity contribution in [2.75, 3.05) is 14.2 Å². The lowest BCUT2D eigenvalue weighted by atomic mass is 9.93. The van der Waals surface area contributed by atoms with Crippen molar-refractivity contribution in [1.29, 1.82) is 0 Å². The number of aldehydes is 1. The molecule has 0 aliphatic heterocycles. The molecule has 0 amide bonds. The SMILES string of the molecule is C=C(C)[C@@H](CCC=O)CC(OC)OC. The largest absolute Gasteiger partial charge is 0.356 e. The minimum absolute atomic E-state index is 0.205. The fourth-order valence-corrected chi connectivity index (χ4v) is 1.36. The minimum Gasteiger partial charge on any atom is -0.356 e. The molecule has 0 saturated heterocycles. The zero-order valence-electron chi connectivity index (χ0n) is 9.29. The molecule has 0 N–H and O–H groups in total. The van der Waals surface area contributed by atoms with E-state index in [4.69, 9.17) is 9.47 Å². The average Bonchev–Trinajstić information content (AvgIpc) is 2.18. The van der Waals surface area contributed by atoms with E-state index >= 15 is 0 Å². The van der Waals surface area contributed by atoms with Gasteiger partial charge in [-0.25, -0.2) is 0 Å². The zero-order valence-corrected chi connectivity index (χ0v) is 9.29. The predicted octanol–water partition coefficient (Wildman–Crippen LogP) is 2.17. The molecule has 0 aromatic rings. The maximum Gasteiger partial charge on any atom is 0.157 e. The number of ether oxygens (including phenoxy) is 2. The molecule has 0 rings (SSSR count). The summed E-state index contributed by atoms with van der Waals surface area (Å²) in [6.07, 6.45) is 2.88. The number of carbonyl (C=O) groups is 1. The molecule has 0 spiro atoms. The lowest BCUT2D eigenvalue weighted by Crippen LogP contribution is -2.18. The second kappa shape index (κ2) is 7.71. The van der Waals surface area contributed by atoms with Gasteiger partial charge in [0, 0.05) is 27.1 Å². The summed E-state index contributed by atoms with van der Waals surface area (Å²) in [5, 5.41) is 0. The summed E-state index contributed by atoms with van der Waals surface area (Å²) in [4.78, 5) is 10.3. The molecule has 0 saturated carbocycles. The quantitative estimate of drug-likeness (QED) is 0.342. The van der Waals surface area contributed by atoms with Crippen molar-refractivity contribution in [1.82, 2.24) is 0 Å². The summed E-state index contributed by atoms with van der Waals surface area (Å²) in [6.45, 7) is 5.87. The van der Waals surface area contributed by atoms with Crippen molar-refractivity contribution < 1.29 is 14.3 Å². The van der Waals surface area contributed by atoms with Gasteiger partial charge in [-0.1, -0.05) is 12.2 Å². The highest BCUT2D eigenvalue weighted by molar-refractivity contribution is 5.49. The average molecular weight is 200 g/mol. The fraction of sp³-hybridized carbons (Fsp3) is 0.727. The van der Waals surface area contributed by atoms with Crippen LogP contribution in [-0.4, -0.2) is 26.8 Å². The number of carbonyl (C=O) groups excluding carboxylic acids is 1. The van der Waals surface area contributed by atoms with Gasteiger partial charge >= 0.3 is 0 Å². The highest BCUT2D eigenvalue weighted by Gasteiger charge is 2.15. The van der Waals surface area contributed by atoms with Gasteiger partial charge in [-0.15, -0.1) is 0 Å². The van der Waals surface area contributed by atoms with E-state index in [1.165, 1.54) is 0 Å². The molecule has 0 aromatic heterocycles. The molecule has 0 aromatic carbocycles. The van der Waals surface area contributed by atoms with Crippen molar-refractivity contribution in [2.45, 2.75) is 32.5 Å². The first kappa shape index (κ1) is 13.3. The van der Waals surface area contributed by atoms with E-state index in [-0.39, 0.29) is 6.29 Å². The fourth-order valence-electron chi connectivity index (χ4n) is 1.36. The molecule has 14 heavy (non-hydrogen) atoms. The Morgan fingerprint density at radius 1 is 1.43 bits per heavy atom. The van der Waals surface area contributed by atoms with Crippen LogP contribution in [0.3, 0.4) is 0 Å². The summed E-state index contributed by atoms with van der Waals surface area (Å²) in [6, 6.07) is 0. The van der Waals surface area contributed by atoms with Gasteiger partial charge in [0.15, 0.2) is 6.29 Å². The molecule has 0 fully saturated rings. The Morgan fingerprint density at radius 3 is 2.36 bits per heavy atom. The van der Waals surface area contributed by atoms with E-state index in [1.807, 2.05) is 6.92 Å². The number of allylic oxidation sites excluding steroid dienone is 1. The molecule has 1 atom stereocenters. The van der Waals surface area contributed by atoms with Gasteiger partial charge in [-0.2, -0.15) is 0 Å². The Bertz CT molecular complexity index is 173. The first-order valence-electron chi connectivity index (χ1n) is 4.80. The molecule has 0 bridgehead atoms. The van der Waals surface area contributed by atoms with Crippen molar-refractivity contribution >= 4 is 6.29 Å². The Labute approximate surface area is 86.1 Å². The molecular weight excluding hydrogens is 180 g/mol. The first-order valence-corrected chi connectivity index (χ1v) is 4.80. The number of hydrogen-bond acceptors (Lipinski definition) is 3. The number of methoxy groups -OCH3 is 2. The lowest BCUT2D eigenvalue weighted by Gasteiger charge is -2.21. The number of rotatable bonds is 8. The van der Waals surface area contributed by atoms with Gasteiger partial charge < -0.3 is 14.3 Å². The molecule has 82 valence electrons. The normalized spacial score (nSPS) is 12.9. The second-order valence-corrected chi connectivity index (χ2v) is 3.42. The molecule has 0 aliphatic carbocycles. The lowest BCUT2D eigenvalue weighted by molar-refractivity contribution is -0.114. The van der Waals surface area contributed by atoms with Crippen LogP contribution in [0.2, 0.25) is 0 Å². The maximum atomic E-state index is 10.3. The smallest absolute Gasteiger partial charge is 0.157 e. The second-order valence-electron chi connectivity index (χ2n) is 3.42. The topological polar surface area (TPSA) is 35.5 Å². The molecule has 0 radical (unpaired) electrons. The van der Waals surface area contributed by atoms with Crippen molar-refractivity contribution in [2.24, 2.45) is 5.92 Å². The van der Waals surface area contributed by atoms with Gasteiger partial charge in [0.1, 0.15) is 6.29 Å². The van der Waals surface area contributed by atoms with E-state index in [2.05, 4.69) is 6.58 Å². The summed E-state index contributed by atoms with van der Waals surface area (Å²) in [5.41, 5.74) is 1.07. The van der Waals surface area contributed by atoms with Gasteiger partial charge in [0.2, 0.25) is 0 Å². The highest BCUT2D eigenvalue weighted by Crippen LogP contribution is 2.21. The Balaban J connectivity index is 4.06. The van der Waals surface area contributed by atoms with Crippen LogP contribution >= 0.6 is 0 Å². The van der Waals surface area contributed by atoms with E-state index in [9.17, 15) is 4.79 Å². The van der Waals surface area contributed by atoms with E-state index < -0.39 is 0 Å². The van der Waals surface area contributed by atoms with Gasteiger partial charge in [0.05, 0.1) is 0 Å². The van der Waals surface area contributed by atoms with Crippen LogP contribution in [0.4, 0.5) is 0 Å². The van der Waals surface area contributed by atoms with Crippen molar-refractivity contribution in [3.8, 4) is 0 Å².